The second-order valence-electron chi connectivity index (χ2n) is 5.97. The summed E-state index contributed by atoms with van der Waals surface area (Å²) in [6, 6.07) is 9.16. The second kappa shape index (κ2) is 6.10. The molecule has 1 atom stereocenters. The molecule has 0 amide bonds. The summed E-state index contributed by atoms with van der Waals surface area (Å²) < 4.78 is 7.04. The maximum absolute atomic E-state index is 11.9. The summed E-state index contributed by atoms with van der Waals surface area (Å²) >= 11 is 0. The lowest BCUT2D eigenvalue weighted by Crippen LogP contribution is -2.31. The van der Waals surface area contributed by atoms with Crippen molar-refractivity contribution in [2.75, 3.05) is 0 Å². The molecule has 5 heteroatoms. The second-order valence-corrected chi connectivity index (χ2v) is 5.97. The van der Waals surface area contributed by atoms with Gasteiger partial charge in [0.15, 0.2) is 0 Å². The van der Waals surface area contributed by atoms with E-state index in [1.165, 1.54) is 0 Å². The van der Waals surface area contributed by atoms with Gasteiger partial charge in [0.25, 0.3) is 0 Å². The minimum Gasteiger partial charge on any atom is -0.459 e. The molecule has 0 saturated carbocycles. The molecule has 0 bridgehead atoms. The molecule has 5 nitrogen and oxygen atoms in total. The quantitative estimate of drug-likeness (QED) is 0.876. The fourth-order valence-electron chi connectivity index (χ4n) is 1.90. The van der Waals surface area contributed by atoms with Gasteiger partial charge >= 0.3 is 5.97 Å². The molecule has 0 aliphatic rings. The van der Waals surface area contributed by atoms with E-state index in [0.717, 1.165) is 5.56 Å². The Morgan fingerprint density at radius 2 is 2.00 bits per heavy atom. The Kier molecular flexibility index (Phi) is 4.43. The van der Waals surface area contributed by atoms with Crippen molar-refractivity contribution in [2.45, 2.75) is 39.0 Å². The van der Waals surface area contributed by atoms with Crippen LogP contribution in [0.5, 0.6) is 0 Å². The highest BCUT2D eigenvalue weighted by molar-refractivity contribution is 5.77. The number of carbonyl (C=O) groups is 1. The fraction of sp³-hybridized carbons (Fsp3) is 0.375. The lowest BCUT2D eigenvalue weighted by molar-refractivity contribution is -0.156. The highest BCUT2D eigenvalue weighted by atomic mass is 16.6. The van der Waals surface area contributed by atoms with Crippen molar-refractivity contribution in [3.63, 3.8) is 0 Å². The van der Waals surface area contributed by atoms with Crippen LogP contribution in [-0.2, 0) is 16.1 Å². The number of hydrogen-bond donors (Lipinski definition) is 1. The monoisotopic (exact) mass is 287 g/mol. The van der Waals surface area contributed by atoms with E-state index in [1.807, 2.05) is 51.1 Å². The number of carbonyl (C=O) groups excluding carboxylic acids is 1. The molecule has 0 radical (unpaired) electrons. The average Bonchev–Trinajstić information content (AvgIpc) is 2.85. The lowest BCUT2D eigenvalue weighted by Gasteiger charge is -2.21. The van der Waals surface area contributed by atoms with Gasteiger partial charge in [0.2, 0.25) is 0 Å². The van der Waals surface area contributed by atoms with Crippen LogP contribution in [0.4, 0.5) is 0 Å². The van der Waals surface area contributed by atoms with E-state index >= 15 is 0 Å². The third kappa shape index (κ3) is 4.43. The van der Waals surface area contributed by atoms with E-state index in [1.54, 1.807) is 17.1 Å². The molecule has 112 valence electrons. The summed E-state index contributed by atoms with van der Waals surface area (Å²) in [7, 11) is 0. The van der Waals surface area contributed by atoms with Crippen LogP contribution >= 0.6 is 0 Å². The average molecular weight is 287 g/mol. The number of nitrogens with two attached hydrogens (primary N) is 1. The molecule has 2 N–H and O–H groups in total. The van der Waals surface area contributed by atoms with E-state index in [0.29, 0.717) is 12.1 Å². The van der Waals surface area contributed by atoms with Crippen LogP contribution in [0.1, 0.15) is 37.9 Å². The molecule has 0 aliphatic carbocycles. The Morgan fingerprint density at radius 1 is 1.33 bits per heavy atom. The van der Waals surface area contributed by atoms with Crippen molar-refractivity contribution >= 4 is 5.97 Å². The topological polar surface area (TPSA) is 70.1 Å². The summed E-state index contributed by atoms with van der Waals surface area (Å²) in [4.78, 5) is 11.9. The molecule has 0 aliphatic heterocycles. The smallest absolute Gasteiger partial charge is 0.328 e. The molecule has 1 aromatic heterocycles. The minimum absolute atomic E-state index is 0.443. The van der Waals surface area contributed by atoms with Crippen molar-refractivity contribution < 1.29 is 9.53 Å². The van der Waals surface area contributed by atoms with Crippen molar-refractivity contribution in [2.24, 2.45) is 5.73 Å². The predicted molar refractivity (Wildman–Crippen MR) is 80.5 cm³/mol. The van der Waals surface area contributed by atoms with E-state index < -0.39 is 17.6 Å². The molecule has 0 saturated heterocycles. The number of benzene rings is 1. The third-order valence-corrected chi connectivity index (χ3v) is 2.86. The fourth-order valence-corrected chi connectivity index (χ4v) is 1.90. The summed E-state index contributed by atoms with van der Waals surface area (Å²) in [5.41, 5.74) is 7.17. The van der Waals surface area contributed by atoms with Crippen LogP contribution in [0.3, 0.4) is 0 Å². The van der Waals surface area contributed by atoms with E-state index in [9.17, 15) is 4.79 Å². The van der Waals surface area contributed by atoms with Gasteiger partial charge in [-0.05, 0) is 26.3 Å². The largest absolute Gasteiger partial charge is 0.459 e. The van der Waals surface area contributed by atoms with Crippen molar-refractivity contribution in [3.05, 3.63) is 53.9 Å². The Morgan fingerprint density at radius 3 is 2.62 bits per heavy atom. The maximum atomic E-state index is 11.9. The zero-order valence-electron chi connectivity index (χ0n) is 12.6. The first-order valence-electron chi connectivity index (χ1n) is 6.90. The zero-order chi connectivity index (χ0) is 15.5. The van der Waals surface area contributed by atoms with Gasteiger partial charge in [0.1, 0.15) is 11.6 Å². The first kappa shape index (κ1) is 15.3. The maximum Gasteiger partial charge on any atom is 0.328 e. The Labute approximate surface area is 124 Å². The van der Waals surface area contributed by atoms with Gasteiger partial charge < -0.3 is 10.5 Å². The van der Waals surface area contributed by atoms with Crippen LogP contribution in [-0.4, -0.2) is 21.4 Å². The third-order valence-electron chi connectivity index (χ3n) is 2.86. The van der Waals surface area contributed by atoms with E-state index in [-0.39, 0.29) is 0 Å². The summed E-state index contributed by atoms with van der Waals surface area (Å²) in [5.74, 6) is -0.443. The molecule has 1 unspecified atom stereocenters. The number of nitrogens with zero attached hydrogens (tertiary/aromatic N) is 2. The molecule has 21 heavy (non-hydrogen) atoms. The standard InChI is InChI=1S/C16H21N3O2/c1-16(2,3)21-15(20)14(17)13-9-18-19(11-13)10-12-7-5-4-6-8-12/h4-9,11,14H,10,17H2,1-3H3. The number of hydrogen-bond acceptors (Lipinski definition) is 4. The van der Waals surface area contributed by atoms with E-state index in [2.05, 4.69) is 5.10 Å². The minimum atomic E-state index is -0.811. The van der Waals surface area contributed by atoms with Gasteiger partial charge in [-0.2, -0.15) is 5.10 Å². The van der Waals surface area contributed by atoms with Gasteiger partial charge in [-0.25, -0.2) is 4.79 Å². The van der Waals surface area contributed by atoms with Gasteiger partial charge in [0, 0.05) is 11.8 Å². The Bertz CT molecular complexity index is 599. The summed E-state index contributed by atoms with van der Waals surface area (Å²) in [5, 5.41) is 4.24. The number of ether oxygens (including phenoxy) is 1. The SMILES string of the molecule is CC(C)(C)OC(=O)C(N)c1cnn(Cc2ccccc2)c1. The molecular formula is C16H21N3O2. The number of esters is 1. The van der Waals surface area contributed by atoms with E-state index in [4.69, 9.17) is 10.5 Å². The van der Waals surface area contributed by atoms with Gasteiger partial charge in [-0.1, -0.05) is 30.3 Å². The van der Waals surface area contributed by atoms with Crippen LogP contribution in [0.2, 0.25) is 0 Å². The first-order chi connectivity index (χ1) is 9.85. The highest BCUT2D eigenvalue weighted by Gasteiger charge is 2.24. The van der Waals surface area contributed by atoms with Gasteiger partial charge in [-0.15, -0.1) is 0 Å². The predicted octanol–water partition coefficient (Wildman–Crippen LogP) is 2.27. The normalized spacial score (nSPS) is 13.0. The van der Waals surface area contributed by atoms with Crippen LogP contribution in [0.15, 0.2) is 42.7 Å². The number of aromatic nitrogens is 2. The zero-order valence-corrected chi connectivity index (χ0v) is 12.6. The molecule has 1 aromatic carbocycles. The molecule has 1 heterocycles. The van der Waals surface area contributed by atoms with Crippen molar-refractivity contribution in [1.82, 2.24) is 9.78 Å². The van der Waals surface area contributed by atoms with Crippen LogP contribution < -0.4 is 5.73 Å². The first-order valence-corrected chi connectivity index (χ1v) is 6.90. The van der Waals surface area contributed by atoms with Crippen LogP contribution in [0, 0.1) is 0 Å². The van der Waals surface area contributed by atoms with Gasteiger partial charge in [0.05, 0.1) is 12.7 Å². The highest BCUT2D eigenvalue weighted by Crippen LogP contribution is 2.16. The number of rotatable bonds is 4. The Balaban J connectivity index is 2.04. The van der Waals surface area contributed by atoms with Gasteiger partial charge in [-0.3, -0.25) is 4.68 Å². The molecule has 0 spiro atoms. The van der Waals surface area contributed by atoms with Crippen LogP contribution in [0.25, 0.3) is 0 Å². The Hall–Kier alpha value is -2.14. The summed E-state index contributed by atoms with van der Waals surface area (Å²) in [6.45, 7) is 6.09. The molecule has 2 rings (SSSR count). The molecule has 2 aromatic rings. The lowest BCUT2D eigenvalue weighted by atomic mass is 10.1. The summed E-state index contributed by atoms with van der Waals surface area (Å²) in [6.07, 6.45) is 3.39. The molecule has 0 fully saturated rings. The molecular weight excluding hydrogens is 266 g/mol. The van der Waals surface area contributed by atoms with Crippen molar-refractivity contribution in [3.8, 4) is 0 Å². The van der Waals surface area contributed by atoms with Crippen molar-refractivity contribution in [1.29, 1.82) is 0 Å².